The largest absolute Gasteiger partial charge is 0.378 e. The van der Waals surface area contributed by atoms with Crippen molar-refractivity contribution >= 4 is 19.7 Å². The fraction of sp³-hybridized carbons (Fsp3) is 1.00. The van der Waals surface area contributed by atoms with Crippen molar-refractivity contribution in [3.63, 3.8) is 0 Å². The van der Waals surface area contributed by atoms with Gasteiger partial charge in [-0.1, -0.05) is 40.0 Å². The molecule has 3 nitrogen and oxygen atoms in total. The molecular weight excluding hydrogens is 296 g/mol. The quantitative estimate of drug-likeness (QED) is 0.623. The maximum atomic E-state index is 11.4. The Bertz CT molecular complexity index is 377. The molecule has 1 rings (SSSR count). The van der Waals surface area contributed by atoms with E-state index in [0.29, 0.717) is 12.7 Å². The number of rotatable bonds is 8. The average Bonchev–Trinajstić information content (AvgIpc) is 2.42. The summed E-state index contributed by atoms with van der Waals surface area (Å²) in [6.07, 6.45) is 7.81. The molecule has 0 aromatic heterocycles. The summed E-state index contributed by atoms with van der Waals surface area (Å²) in [5.74, 6) is 0.779. The maximum Gasteiger partial charge on any atom is 0.233 e. The van der Waals surface area contributed by atoms with E-state index in [9.17, 15) is 8.42 Å². The van der Waals surface area contributed by atoms with Crippen molar-refractivity contribution in [1.82, 2.24) is 0 Å². The van der Waals surface area contributed by atoms with Crippen LogP contribution in [0.15, 0.2) is 0 Å². The first-order valence-corrected chi connectivity index (χ1v) is 10.4. The second kappa shape index (κ2) is 8.00. The molecule has 0 aromatic carbocycles. The summed E-state index contributed by atoms with van der Waals surface area (Å²) in [5, 5.41) is 0. The third kappa shape index (κ3) is 5.90. The lowest BCUT2D eigenvalue weighted by atomic mass is 9.84. The Labute approximate surface area is 128 Å². The second-order valence-electron chi connectivity index (χ2n) is 6.26. The molecule has 1 aliphatic rings. The summed E-state index contributed by atoms with van der Waals surface area (Å²) < 4.78 is 28.9. The van der Waals surface area contributed by atoms with Gasteiger partial charge in [-0.15, -0.1) is 0 Å². The molecule has 0 bridgehead atoms. The van der Waals surface area contributed by atoms with Gasteiger partial charge in [0.05, 0.1) is 18.5 Å². The highest BCUT2D eigenvalue weighted by atomic mass is 35.7. The van der Waals surface area contributed by atoms with Crippen molar-refractivity contribution in [2.45, 2.75) is 71.8 Å². The van der Waals surface area contributed by atoms with Crippen LogP contribution in [0.25, 0.3) is 0 Å². The summed E-state index contributed by atoms with van der Waals surface area (Å²) >= 11 is 0. The molecule has 0 saturated heterocycles. The Morgan fingerprint density at radius 3 is 2.35 bits per heavy atom. The van der Waals surface area contributed by atoms with Crippen molar-refractivity contribution < 1.29 is 13.2 Å². The molecule has 0 amide bonds. The molecule has 20 heavy (non-hydrogen) atoms. The zero-order valence-corrected chi connectivity index (χ0v) is 14.6. The molecule has 0 heterocycles. The topological polar surface area (TPSA) is 43.4 Å². The molecule has 0 aliphatic heterocycles. The fourth-order valence-electron chi connectivity index (χ4n) is 3.12. The Morgan fingerprint density at radius 1 is 1.20 bits per heavy atom. The van der Waals surface area contributed by atoms with Crippen molar-refractivity contribution in [1.29, 1.82) is 0 Å². The maximum absolute atomic E-state index is 11.4. The summed E-state index contributed by atoms with van der Waals surface area (Å²) in [4.78, 5) is 0. The van der Waals surface area contributed by atoms with Crippen molar-refractivity contribution in [3.05, 3.63) is 0 Å². The van der Waals surface area contributed by atoms with E-state index in [1.54, 1.807) is 0 Å². The van der Waals surface area contributed by atoms with Crippen molar-refractivity contribution in [2.24, 2.45) is 11.3 Å². The molecule has 0 aromatic rings. The summed E-state index contributed by atoms with van der Waals surface area (Å²) in [6, 6.07) is 0. The van der Waals surface area contributed by atoms with Crippen molar-refractivity contribution in [2.75, 3.05) is 12.4 Å². The molecule has 2 unspecified atom stereocenters. The van der Waals surface area contributed by atoms with E-state index in [0.717, 1.165) is 31.6 Å². The van der Waals surface area contributed by atoms with Crippen LogP contribution < -0.4 is 0 Å². The van der Waals surface area contributed by atoms with Gasteiger partial charge in [0, 0.05) is 16.1 Å². The number of halogens is 1. The molecular formula is C15H29ClO3S. The van der Waals surface area contributed by atoms with E-state index >= 15 is 0 Å². The van der Waals surface area contributed by atoms with Crippen LogP contribution >= 0.6 is 10.7 Å². The predicted molar refractivity (Wildman–Crippen MR) is 84.6 cm³/mol. The van der Waals surface area contributed by atoms with Gasteiger partial charge in [-0.25, -0.2) is 8.42 Å². The first kappa shape index (κ1) is 18.2. The van der Waals surface area contributed by atoms with Crippen LogP contribution in [0.2, 0.25) is 0 Å². The van der Waals surface area contributed by atoms with Crippen LogP contribution in [0, 0.1) is 11.3 Å². The third-order valence-electron chi connectivity index (χ3n) is 4.92. The van der Waals surface area contributed by atoms with Gasteiger partial charge in [0.15, 0.2) is 0 Å². The Balaban J connectivity index is 2.58. The number of ether oxygens (including phenoxy) is 1. The van der Waals surface area contributed by atoms with Crippen LogP contribution in [0.3, 0.4) is 0 Å². The van der Waals surface area contributed by atoms with E-state index in [2.05, 4.69) is 6.92 Å². The normalized spacial score (nSPS) is 24.8. The van der Waals surface area contributed by atoms with Gasteiger partial charge in [0.25, 0.3) is 0 Å². The van der Waals surface area contributed by atoms with Gasteiger partial charge in [0.1, 0.15) is 0 Å². The van der Waals surface area contributed by atoms with E-state index in [-0.39, 0.29) is 11.2 Å². The molecule has 5 heteroatoms. The van der Waals surface area contributed by atoms with Gasteiger partial charge in [-0.05, 0) is 31.6 Å². The van der Waals surface area contributed by atoms with E-state index in [1.165, 1.54) is 19.3 Å². The fourth-order valence-corrected chi connectivity index (χ4v) is 5.04. The van der Waals surface area contributed by atoms with Gasteiger partial charge in [-0.3, -0.25) is 0 Å². The highest BCUT2D eigenvalue weighted by molar-refractivity contribution is 8.13. The van der Waals surface area contributed by atoms with Crippen LogP contribution in [-0.4, -0.2) is 26.9 Å². The first-order chi connectivity index (χ1) is 9.34. The van der Waals surface area contributed by atoms with Gasteiger partial charge < -0.3 is 4.74 Å². The standard InChI is InChI=1S/C15H29ClO3S/c1-4-13-8-7-9-14(10-13)19-11-15(5-2,6-3)12-20(16,17)18/h13-14H,4-12H2,1-3H3. The predicted octanol–water partition coefficient (Wildman–Crippen LogP) is 4.35. The Hall–Kier alpha value is 0.200. The molecule has 2 atom stereocenters. The summed E-state index contributed by atoms with van der Waals surface area (Å²) in [7, 11) is 1.98. The molecule has 1 aliphatic carbocycles. The highest BCUT2D eigenvalue weighted by Gasteiger charge is 2.33. The monoisotopic (exact) mass is 324 g/mol. The summed E-state index contributed by atoms with van der Waals surface area (Å²) in [5.41, 5.74) is -0.334. The molecule has 1 saturated carbocycles. The number of hydrogen-bond acceptors (Lipinski definition) is 3. The molecule has 0 spiro atoms. The highest BCUT2D eigenvalue weighted by Crippen LogP contribution is 2.33. The Kier molecular flexibility index (Phi) is 7.30. The smallest absolute Gasteiger partial charge is 0.233 e. The first-order valence-electron chi connectivity index (χ1n) is 7.88. The van der Waals surface area contributed by atoms with Crippen LogP contribution in [0.1, 0.15) is 65.7 Å². The van der Waals surface area contributed by atoms with Gasteiger partial charge in [-0.2, -0.15) is 0 Å². The minimum absolute atomic E-state index is 0.0124. The SMILES string of the molecule is CCC1CCCC(OCC(CC)(CC)CS(=O)(=O)Cl)C1. The van der Waals surface area contributed by atoms with Crippen molar-refractivity contribution in [3.8, 4) is 0 Å². The van der Waals surface area contributed by atoms with Crippen LogP contribution in [-0.2, 0) is 13.8 Å². The number of hydrogen-bond donors (Lipinski definition) is 0. The van der Waals surface area contributed by atoms with Crippen LogP contribution in [0.4, 0.5) is 0 Å². The van der Waals surface area contributed by atoms with E-state index in [4.69, 9.17) is 15.4 Å². The van der Waals surface area contributed by atoms with E-state index < -0.39 is 9.05 Å². The van der Waals surface area contributed by atoms with Gasteiger partial charge >= 0.3 is 0 Å². The minimum Gasteiger partial charge on any atom is -0.378 e. The molecule has 0 N–H and O–H groups in total. The molecule has 0 radical (unpaired) electrons. The minimum atomic E-state index is -3.48. The average molecular weight is 325 g/mol. The summed E-state index contributed by atoms with van der Waals surface area (Å²) in [6.45, 7) is 6.78. The second-order valence-corrected chi connectivity index (χ2v) is 9.04. The zero-order valence-electron chi connectivity index (χ0n) is 13.0. The third-order valence-corrected chi connectivity index (χ3v) is 6.20. The zero-order chi connectivity index (χ0) is 15.2. The lowest BCUT2D eigenvalue weighted by molar-refractivity contribution is -0.0318. The van der Waals surface area contributed by atoms with Crippen LogP contribution in [0.5, 0.6) is 0 Å². The lowest BCUT2D eigenvalue weighted by Crippen LogP contribution is -2.35. The van der Waals surface area contributed by atoms with E-state index in [1.807, 2.05) is 13.8 Å². The lowest BCUT2D eigenvalue weighted by Gasteiger charge is -2.34. The molecule has 120 valence electrons. The Morgan fingerprint density at radius 2 is 1.85 bits per heavy atom. The molecule has 1 fully saturated rings. The van der Waals surface area contributed by atoms with Gasteiger partial charge in [0.2, 0.25) is 9.05 Å².